The number of nitriles is 1. The molecule has 2 saturated heterocycles. The molecule has 0 spiro atoms. The number of hydrogen-bond donors (Lipinski definition) is 1. The van der Waals surface area contributed by atoms with Crippen molar-refractivity contribution in [2.45, 2.75) is 50.7 Å². The highest BCUT2D eigenvalue weighted by molar-refractivity contribution is 5.52. The highest BCUT2D eigenvalue weighted by atomic mass is 19.1. The van der Waals surface area contributed by atoms with Crippen molar-refractivity contribution >= 4 is 5.69 Å². The molecule has 0 amide bonds. The van der Waals surface area contributed by atoms with Gasteiger partial charge >= 0.3 is 0 Å². The fourth-order valence-corrected chi connectivity index (χ4v) is 3.72. The maximum atomic E-state index is 14.2. The summed E-state index contributed by atoms with van der Waals surface area (Å²) in [4.78, 5) is 2.17. The van der Waals surface area contributed by atoms with Crippen molar-refractivity contribution in [1.29, 1.82) is 5.26 Å². The highest BCUT2D eigenvalue weighted by Crippen LogP contribution is 2.33. The second-order valence-corrected chi connectivity index (χ2v) is 5.83. The number of anilines is 1. The molecule has 1 N–H and O–H groups in total. The zero-order valence-electron chi connectivity index (χ0n) is 11.8. The molecule has 2 bridgehead atoms. The maximum absolute atomic E-state index is 14.2. The highest BCUT2D eigenvalue weighted by Gasteiger charge is 2.36. The largest absolute Gasteiger partial charge is 0.366 e. The Morgan fingerprint density at radius 3 is 2.60 bits per heavy atom. The van der Waals surface area contributed by atoms with Gasteiger partial charge in [-0.1, -0.05) is 0 Å². The second kappa shape index (κ2) is 5.41. The molecular formula is C16H20FN3. The van der Waals surface area contributed by atoms with Gasteiger partial charge in [0.05, 0.1) is 17.3 Å². The minimum Gasteiger partial charge on any atom is -0.366 e. The molecule has 1 aromatic carbocycles. The molecule has 2 fully saturated rings. The lowest BCUT2D eigenvalue weighted by molar-refractivity contribution is 0.347. The smallest absolute Gasteiger partial charge is 0.147 e. The van der Waals surface area contributed by atoms with E-state index in [1.807, 2.05) is 6.07 Å². The van der Waals surface area contributed by atoms with Gasteiger partial charge in [0.1, 0.15) is 5.82 Å². The molecule has 2 unspecified atom stereocenters. The zero-order valence-corrected chi connectivity index (χ0v) is 11.8. The third kappa shape index (κ3) is 2.38. The number of fused-ring (bicyclic) bond motifs is 2. The maximum Gasteiger partial charge on any atom is 0.147 e. The quantitative estimate of drug-likeness (QED) is 0.920. The van der Waals surface area contributed by atoms with Crippen LogP contribution in [0.1, 0.15) is 38.2 Å². The summed E-state index contributed by atoms with van der Waals surface area (Å²) in [5.41, 5.74) is 1.02. The average molecular weight is 273 g/mol. The van der Waals surface area contributed by atoms with E-state index in [-0.39, 0.29) is 5.82 Å². The summed E-state index contributed by atoms with van der Waals surface area (Å²) in [6.07, 6.45) is 4.66. The monoisotopic (exact) mass is 273 g/mol. The van der Waals surface area contributed by atoms with Gasteiger partial charge in [0.25, 0.3) is 0 Å². The van der Waals surface area contributed by atoms with Gasteiger partial charge in [-0.3, -0.25) is 0 Å². The van der Waals surface area contributed by atoms with Crippen LogP contribution in [-0.4, -0.2) is 24.7 Å². The lowest BCUT2D eigenvalue weighted by atomic mass is 9.97. The predicted octanol–water partition coefficient (Wildman–Crippen LogP) is 2.81. The summed E-state index contributed by atoms with van der Waals surface area (Å²) in [7, 11) is 0. The Bertz CT molecular complexity index is 525. The molecular weight excluding hydrogens is 253 g/mol. The van der Waals surface area contributed by atoms with E-state index < -0.39 is 0 Å². The van der Waals surface area contributed by atoms with E-state index in [4.69, 9.17) is 5.26 Å². The van der Waals surface area contributed by atoms with Gasteiger partial charge < -0.3 is 10.2 Å². The third-order valence-corrected chi connectivity index (χ3v) is 4.62. The Labute approximate surface area is 119 Å². The third-order valence-electron chi connectivity index (χ3n) is 4.62. The van der Waals surface area contributed by atoms with Crippen LogP contribution in [0.4, 0.5) is 10.1 Å². The predicted molar refractivity (Wildman–Crippen MR) is 77.1 cm³/mol. The number of piperidine rings is 1. The minimum atomic E-state index is -0.281. The molecule has 3 rings (SSSR count). The number of hydrogen-bond acceptors (Lipinski definition) is 3. The topological polar surface area (TPSA) is 39.1 Å². The molecule has 0 radical (unpaired) electrons. The van der Waals surface area contributed by atoms with Gasteiger partial charge in [0.2, 0.25) is 0 Å². The Morgan fingerprint density at radius 1 is 1.35 bits per heavy atom. The van der Waals surface area contributed by atoms with Crippen molar-refractivity contribution in [3.05, 3.63) is 29.6 Å². The van der Waals surface area contributed by atoms with Crippen molar-refractivity contribution in [1.82, 2.24) is 5.32 Å². The van der Waals surface area contributed by atoms with Crippen LogP contribution in [0.15, 0.2) is 18.2 Å². The summed E-state index contributed by atoms with van der Waals surface area (Å²) < 4.78 is 14.2. The minimum absolute atomic E-state index is 0.281. The van der Waals surface area contributed by atoms with Crippen molar-refractivity contribution in [2.24, 2.45) is 0 Å². The molecule has 4 heteroatoms. The first-order valence-corrected chi connectivity index (χ1v) is 7.43. The molecule has 2 atom stereocenters. The summed E-state index contributed by atoms with van der Waals surface area (Å²) >= 11 is 0. The van der Waals surface area contributed by atoms with Crippen LogP contribution in [0.2, 0.25) is 0 Å². The molecule has 106 valence electrons. The number of benzene rings is 1. The van der Waals surface area contributed by atoms with Crippen LogP contribution in [0.5, 0.6) is 0 Å². The van der Waals surface area contributed by atoms with E-state index in [1.165, 1.54) is 18.9 Å². The fraction of sp³-hybridized carbons (Fsp3) is 0.562. The van der Waals surface area contributed by atoms with Gasteiger partial charge in [-0.15, -0.1) is 0 Å². The Balaban J connectivity index is 1.84. The molecule has 2 aliphatic rings. The number of rotatable bonds is 3. The Kier molecular flexibility index (Phi) is 3.62. The Morgan fingerprint density at radius 2 is 2.05 bits per heavy atom. The summed E-state index contributed by atoms with van der Waals surface area (Å²) in [6, 6.07) is 8.37. The van der Waals surface area contributed by atoms with Crippen molar-refractivity contribution in [3.63, 3.8) is 0 Å². The molecule has 1 aromatic rings. The van der Waals surface area contributed by atoms with Crippen molar-refractivity contribution in [2.75, 3.05) is 11.4 Å². The van der Waals surface area contributed by atoms with Gasteiger partial charge in [0, 0.05) is 24.7 Å². The summed E-state index contributed by atoms with van der Waals surface area (Å²) in [5, 5.41) is 12.5. The summed E-state index contributed by atoms with van der Waals surface area (Å²) in [5.74, 6) is -0.281. The normalized spacial score (nSPS) is 28.1. The molecule has 0 aromatic heterocycles. The first kappa shape index (κ1) is 13.4. The van der Waals surface area contributed by atoms with Crippen molar-refractivity contribution in [3.8, 4) is 6.07 Å². The first-order valence-electron chi connectivity index (χ1n) is 7.43. The van der Waals surface area contributed by atoms with Crippen LogP contribution in [0, 0.1) is 17.1 Å². The van der Waals surface area contributed by atoms with Gasteiger partial charge in [-0.05, 0) is 50.8 Å². The average Bonchev–Trinajstić information content (AvgIpc) is 2.80. The van der Waals surface area contributed by atoms with E-state index in [0.717, 1.165) is 19.4 Å². The van der Waals surface area contributed by atoms with E-state index >= 15 is 0 Å². The molecule has 0 saturated carbocycles. The van der Waals surface area contributed by atoms with E-state index in [1.54, 1.807) is 12.1 Å². The van der Waals surface area contributed by atoms with Crippen LogP contribution in [0.3, 0.4) is 0 Å². The molecule has 0 aliphatic carbocycles. The Hall–Kier alpha value is -1.60. The number of nitrogens with one attached hydrogen (secondary N) is 1. The summed E-state index contributed by atoms with van der Waals surface area (Å²) in [6.45, 7) is 2.87. The number of nitrogens with zero attached hydrogens (tertiary/aromatic N) is 2. The van der Waals surface area contributed by atoms with Gasteiger partial charge in [-0.25, -0.2) is 4.39 Å². The lowest BCUT2D eigenvalue weighted by Gasteiger charge is -2.38. The SMILES string of the molecule is CCN(c1ccc(C#N)cc1F)C1CC2CCC(C1)N2. The van der Waals surface area contributed by atoms with E-state index in [0.29, 0.717) is 29.4 Å². The lowest BCUT2D eigenvalue weighted by Crippen LogP contribution is -2.48. The second-order valence-electron chi connectivity index (χ2n) is 5.83. The van der Waals surface area contributed by atoms with E-state index in [2.05, 4.69) is 17.1 Å². The standard InChI is InChI=1S/C16H20FN3/c1-2-20(14-8-12-4-5-13(9-14)19-12)16-6-3-11(10-18)7-15(16)17/h3,6-7,12-14,19H,2,4-5,8-9H2,1H3. The van der Waals surface area contributed by atoms with Crippen LogP contribution < -0.4 is 10.2 Å². The van der Waals surface area contributed by atoms with Crippen LogP contribution in [0.25, 0.3) is 0 Å². The zero-order chi connectivity index (χ0) is 14.1. The van der Waals surface area contributed by atoms with Crippen LogP contribution >= 0.6 is 0 Å². The van der Waals surface area contributed by atoms with Gasteiger partial charge in [-0.2, -0.15) is 5.26 Å². The van der Waals surface area contributed by atoms with Crippen molar-refractivity contribution < 1.29 is 4.39 Å². The fourth-order valence-electron chi connectivity index (χ4n) is 3.72. The van der Waals surface area contributed by atoms with Crippen LogP contribution in [-0.2, 0) is 0 Å². The molecule has 2 heterocycles. The molecule has 20 heavy (non-hydrogen) atoms. The number of halogens is 1. The van der Waals surface area contributed by atoms with Gasteiger partial charge in [0.15, 0.2) is 0 Å². The molecule has 3 nitrogen and oxygen atoms in total. The van der Waals surface area contributed by atoms with E-state index in [9.17, 15) is 4.39 Å². The molecule has 2 aliphatic heterocycles. The first-order chi connectivity index (χ1) is 9.71.